The van der Waals surface area contributed by atoms with Gasteiger partial charge < -0.3 is 15.5 Å². The van der Waals surface area contributed by atoms with Gasteiger partial charge in [-0.25, -0.2) is 9.78 Å². The van der Waals surface area contributed by atoms with Gasteiger partial charge in [-0.05, 0) is 68.4 Å². The number of carbonyl (C=O) groups is 2. The van der Waals surface area contributed by atoms with E-state index in [0.29, 0.717) is 11.4 Å². The SMILES string of the molecule is CC1=C(N2CCC3(CCCCC3)C2=O)COC1=O.CCC(C)C.CCc1ccc2nc(N=NN)ccc2c1. The number of aromatic nitrogens is 1. The minimum atomic E-state index is -0.276. The fraction of sp³-hybridized carbons (Fsp3) is 0.567. The molecular formula is C30H43N5O3. The maximum absolute atomic E-state index is 12.6. The minimum absolute atomic E-state index is 0.128. The first-order chi connectivity index (χ1) is 18.2. The molecule has 8 heteroatoms. The predicted octanol–water partition coefficient (Wildman–Crippen LogP) is 6.81. The van der Waals surface area contributed by atoms with Crippen LogP contribution in [0.5, 0.6) is 0 Å². The van der Waals surface area contributed by atoms with Crippen LogP contribution in [-0.4, -0.2) is 34.9 Å². The Morgan fingerprint density at radius 1 is 1.08 bits per heavy atom. The summed E-state index contributed by atoms with van der Waals surface area (Å²) in [6, 6.07) is 9.97. The second-order valence-electron chi connectivity index (χ2n) is 10.8. The number of aryl methyl sites for hydroxylation is 1. The van der Waals surface area contributed by atoms with Gasteiger partial charge in [-0.2, -0.15) is 0 Å². The van der Waals surface area contributed by atoms with Gasteiger partial charge in [-0.3, -0.25) is 4.79 Å². The number of pyridine rings is 1. The van der Waals surface area contributed by atoms with Crippen LogP contribution >= 0.6 is 0 Å². The van der Waals surface area contributed by atoms with Crippen molar-refractivity contribution < 1.29 is 14.3 Å². The molecule has 206 valence electrons. The number of likely N-dealkylation sites (tertiary alicyclic amines) is 1. The van der Waals surface area contributed by atoms with E-state index >= 15 is 0 Å². The molecule has 1 amide bonds. The molecule has 3 heterocycles. The standard InChI is InChI=1S/C14H19NO3.C11H12N4.C5H12/c1-10-11(9-18-12(10)16)15-8-7-14(13(15)17)5-3-2-4-6-14;1-2-8-3-5-10-9(7-8)4-6-11(13-10)14-15-12;1-4-5(2)3/h2-9H2,1H3;3-7H,2H2,1H3,(H2,12,13,14);5H,4H2,1-3H3. The third-order valence-electron chi connectivity index (χ3n) is 7.85. The Kier molecular flexibility index (Phi) is 10.4. The number of hydrogen-bond acceptors (Lipinski definition) is 6. The maximum atomic E-state index is 12.6. The highest BCUT2D eigenvalue weighted by atomic mass is 16.5. The van der Waals surface area contributed by atoms with E-state index < -0.39 is 0 Å². The summed E-state index contributed by atoms with van der Waals surface area (Å²) in [4.78, 5) is 30.2. The molecule has 1 saturated heterocycles. The van der Waals surface area contributed by atoms with Crippen LogP contribution in [0.3, 0.4) is 0 Å². The van der Waals surface area contributed by atoms with Crippen molar-refractivity contribution in [3.8, 4) is 0 Å². The molecule has 2 N–H and O–H groups in total. The molecule has 1 spiro atoms. The summed E-state index contributed by atoms with van der Waals surface area (Å²) in [6.07, 6.45) is 8.88. The average molecular weight is 522 g/mol. The third-order valence-corrected chi connectivity index (χ3v) is 7.85. The van der Waals surface area contributed by atoms with Gasteiger partial charge >= 0.3 is 5.97 Å². The van der Waals surface area contributed by atoms with E-state index in [1.165, 1.54) is 18.4 Å². The summed E-state index contributed by atoms with van der Waals surface area (Å²) in [5, 5.41) is 8.02. The molecule has 1 saturated carbocycles. The van der Waals surface area contributed by atoms with Crippen LogP contribution in [0.4, 0.5) is 5.82 Å². The smallest absolute Gasteiger partial charge is 0.336 e. The molecule has 2 fully saturated rings. The van der Waals surface area contributed by atoms with E-state index in [1.54, 1.807) is 13.0 Å². The number of hydrogen-bond donors (Lipinski definition) is 1. The quantitative estimate of drug-likeness (QED) is 0.206. The van der Waals surface area contributed by atoms with Crippen LogP contribution in [0.15, 0.2) is 51.9 Å². The van der Waals surface area contributed by atoms with Gasteiger partial charge in [-0.1, -0.05) is 64.7 Å². The molecule has 5 rings (SSSR count). The Hall–Kier alpha value is -3.29. The van der Waals surface area contributed by atoms with Gasteiger partial charge in [0, 0.05) is 11.9 Å². The topological polar surface area (TPSA) is 110 Å². The van der Waals surface area contributed by atoms with Crippen molar-refractivity contribution >= 4 is 28.6 Å². The van der Waals surface area contributed by atoms with Gasteiger partial charge in [0.1, 0.15) is 6.61 Å². The second-order valence-corrected chi connectivity index (χ2v) is 10.8. The van der Waals surface area contributed by atoms with Crippen molar-refractivity contribution in [2.45, 2.75) is 86.0 Å². The van der Waals surface area contributed by atoms with Crippen molar-refractivity contribution in [3.05, 3.63) is 47.2 Å². The monoisotopic (exact) mass is 521 g/mol. The van der Waals surface area contributed by atoms with E-state index in [9.17, 15) is 9.59 Å². The van der Waals surface area contributed by atoms with Crippen LogP contribution in [-0.2, 0) is 20.7 Å². The molecule has 2 aromatic rings. The van der Waals surface area contributed by atoms with Gasteiger partial charge in [-0.15, -0.1) is 5.11 Å². The molecule has 38 heavy (non-hydrogen) atoms. The number of esters is 1. The van der Waals surface area contributed by atoms with Crippen molar-refractivity contribution in [2.75, 3.05) is 13.2 Å². The lowest BCUT2D eigenvalue weighted by Gasteiger charge is -2.31. The third kappa shape index (κ3) is 6.97. The molecule has 8 nitrogen and oxygen atoms in total. The summed E-state index contributed by atoms with van der Waals surface area (Å²) in [5.41, 5.74) is 3.50. The summed E-state index contributed by atoms with van der Waals surface area (Å²) in [6.45, 7) is 11.6. The zero-order valence-electron chi connectivity index (χ0n) is 23.6. The lowest BCUT2D eigenvalue weighted by atomic mass is 9.73. The molecule has 0 bridgehead atoms. The van der Waals surface area contributed by atoms with Crippen molar-refractivity contribution in [1.82, 2.24) is 9.88 Å². The fourth-order valence-corrected chi connectivity index (χ4v) is 5.02. The molecule has 1 aromatic carbocycles. The van der Waals surface area contributed by atoms with Gasteiger partial charge in [0.15, 0.2) is 5.82 Å². The van der Waals surface area contributed by atoms with E-state index in [-0.39, 0.29) is 23.9 Å². The van der Waals surface area contributed by atoms with E-state index in [0.717, 1.165) is 67.6 Å². The Bertz CT molecular complexity index is 1180. The number of rotatable bonds is 4. The lowest BCUT2D eigenvalue weighted by Crippen LogP contribution is -2.36. The number of carbonyl (C=O) groups excluding carboxylic acids is 2. The number of nitrogens with two attached hydrogens (primary N) is 1. The lowest BCUT2D eigenvalue weighted by molar-refractivity contribution is -0.138. The first-order valence-corrected chi connectivity index (χ1v) is 13.9. The fourth-order valence-electron chi connectivity index (χ4n) is 5.02. The van der Waals surface area contributed by atoms with Gasteiger partial charge in [0.25, 0.3) is 0 Å². The van der Waals surface area contributed by atoms with E-state index in [2.05, 4.69) is 55.1 Å². The zero-order chi connectivity index (χ0) is 27.7. The minimum Gasteiger partial charge on any atom is -0.456 e. The van der Waals surface area contributed by atoms with Crippen molar-refractivity contribution in [2.24, 2.45) is 27.5 Å². The Balaban J connectivity index is 0.000000182. The summed E-state index contributed by atoms with van der Waals surface area (Å²) >= 11 is 0. The molecule has 0 atom stereocenters. The summed E-state index contributed by atoms with van der Waals surface area (Å²) < 4.78 is 5.01. The molecule has 0 radical (unpaired) electrons. The van der Waals surface area contributed by atoms with Crippen LogP contribution in [0.25, 0.3) is 10.9 Å². The largest absolute Gasteiger partial charge is 0.456 e. The maximum Gasteiger partial charge on any atom is 0.336 e. The second kappa shape index (κ2) is 13.5. The van der Waals surface area contributed by atoms with Crippen molar-refractivity contribution in [3.63, 3.8) is 0 Å². The number of amides is 1. The summed E-state index contributed by atoms with van der Waals surface area (Å²) in [7, 11) is 0. The molecule has 0 unspecified atom stereocenters. The molecule has 1 aromatic heterocycles. The molecule has 1 aliphatic carbocycles. The van der Waals surface area contributed by atoms with Crippen LogP contribution in [0.2, 0.25) is 0 Å². The van der Waals surface area contributed by atoms with Gasteiger partial charge in [0.05, 0.1) is 22.2 Å². The Morgan fingerprint density at radius 3 is 2.37 bits per heavy atom. The van der Waals surface area contributed by atoms with E-state index in [1.807, 2.05) is 17.0 Å². The van der Waals surface area contributed by atoms with E-state index in [4.69, 9.17) is 10.6 Å². The predicted molar refractivity (Wildman–Crippen MR) is 150 cm³/mol. The molecular weight excluding hydrogens is 478 g/mol. The normalized spacial score (nSPS) is 18.6. The zero-order valence-corrected chi connectivity index (χ0v) is 23.6. The number of benzene rings is 1. The number of fused-ring (bicyclic) bond motifs is 1. The number of cyclic esters (lactones) is 1. The highest BCUT2D eigenvalue weighted by molar-refractivity contribution is 5.94. The Labute approximate surface area is 226 Å². The van der Waals surface area contributed by atoms with Gasteiger partial charge in [0.2, 0.25) is 5.91 Å². The van der Waals surface area contributed by atoms with Crippen molar-refractivity contribution in [1.29, 1.82) is 0 Å². The average Bonchev–Trinajstić information content (AvgIpc) is 3.42. The first kappa shape index (κ1) is 29.3. The highest BCUT2D eigenvalue weighted by Gasteiger charge is 2.48. The number of ether oxygens (including phenoxy) is 1. The molecule has 3 aliphatic rings. The van der Waals surface area contributed by atoms with Crippen LogP contribution < -0.4 is 5.84 Å². The molecule has 2 aliphatic heterocycles. The Morgan fingerprint density at radius 2 is 1.79 bits per heavy atom. The summed E-state index contributed by atoms with van der Waals surface area (Å²) in [5.74, 6) is 6.34. The first-order valence-electron chi connectivity index (χ1n) is 13.9. The van der Waals surface area contributed by atoms with Crippen LogP contribution in [0, 0.1) is 11.3 Å². The highest BCUT2D eigenvalue weighted by Crippen LogP contribution is 2.46. The van der Waals surface area contributed by atoms with Crippen LogP contribution in [0.1, 0.15) is 85.1 Å². The number of nitrogens with zero attached hydrogens (tertiary/aromatic N) is 4.